The van der Waals surface area contributed by atoms with E-state index in [-0.39, 0.29) is 97.7 Å². The molecule has 12 nitrogen and oxygen atoms in total. The Labute approximate surface area is 942 Å². The predicted molar refractivity (Wildman–Crippen MR) is 622 cm³/mol. The Hall–Kier alpha value is -6.48. The fourth-order valence-electron chi connectivity index (χ4n) is 19.4. The smallest absolute Gasteiger partial charge is 0.0783 e. The Kier molecular flexibility index (Phi) is 56.8. The molecule has 804 valence electrons. The molecule has 20 heteroatoms. The number of aliphatic hydroxyl groups is 8. The fraction of sp³-hybridized carbons (Fsp3) is 0.460. The molecule has 4 heterocycles. The van der Waals surface area contributed by atoms with E-state index >= 15 is 0 Å². The molecule has 2 fully saturated rings. The molecular formula is C126H176Ge2Ir4N4O8Si2-4. The van der Waals surface area contributed by atoms with Gasteiger partial charge in [0.05, 0.1) is 74.6 Å². The number of hydrogen-bond acceptors (Lipinski definition) is 12. The van der Waals surface area contributed by atoms with Crippen molar-refractivity contribution < 1.29 is 121 Å². The van der Waals surface area contributed by atoms with E-state index in [9.17, 15) is 10.2 Å². The molecule has 12 aromatic rings. The number of hydrogen-bond donors (Lipinski definition) is 8. The van der Waals surface area contributed by atoms with Gasteiger partial charge in [-0.1, -0.05) is 180 Å². The third-order valence-corrected chi connectivity index (χ3v) is 37.7. The summed E-state index contributed by atoms with van der Waals surface area (Å²) in [5.41, 5.74) is 28.9. The zero-order valence-electron chi connectivity index (χ0n) is 94.5. The van der Waals surface area contributed by atoms with Gasteiger partial charge in [-0.15, -0.1) is 69.8 Å². The molecule has 2 saturated carbocycles. The summed E-state index contributed by atoms with van der Waals surface area (Å²) in [6.45, 7) is 58.4. The van der Waals surface area contributed by atoms with Crippen LogP contribution in [0.25, 0.3) is 88.6 Å². The number of aromatic nitrogens is 4. The molecule has 2 aliphatic carbocycles. The van der Waals surface area contributed by atoms with E-state index < -0.39 is 67.1 Å². The van der Waals surface area contributed by atoms with Crippen molar-refractivity contribution in [2.45, 2.75) is 352 Å². The first kappa shape index (κ1) is 134. The molecule has 0 amide bonds. The van der Waals surface area contributed by atoms with Crippen LogP contribution in [0.1, 0.15) is 253 Å². The maximum Gasteiger partial charge on any atom is 0.0783 e. The summed E-state index contributed by atoms with van der Waals surface area (Å²) in [6, 6.07) is 68.5. The van der Waals surface area contributed by atoms with Crippen LogP contribution in [0, 0.1) is 103 Å². The molecule has 146 heavy (non-hydrogen) atoms. The third-order valence-electron chi connectivity index (χ3n) is 24.9. The zero-order valence-corrected chi connectivity index (χ0v) is 110. The molecule has 2 aliphatic rings. The van der Waals surface area contributed by atoms with Crippen molar-refractivity contribution in [1.82, 2.24) is 19.9 Å². The number of nitrogens with zero attached hydrogens (tertiary/aromatic N) is 4. The molecule has 0 bridgehead atoms. The summed E-state index contributed by atoms with van der Waals surface area (Å²) >= 11 is -3.96. The van der Waals surface area contributed by atoms with Gasteiger partial charge in [-0.05, 0) is 162 Å². The second-order valence-electron chi connectivity index (χ2n) is 46.4. The van der Waals surface area contributed by atoms with Gasteiger partial charge >= 0.3 is 323 Å². The third kappa shape index (κ3) is 45.0. The quantitative estimate of drug-likeness (QED) is 0.0181. The number of aliphatic hydroxyl groups excluding tert-OH is 8. The first-order chi connectivity index (χ1) is 66.2. The van der Waals surface area contributed by atoms with Gasteiger partial charge in [0.15, 0.2) is 0 Å². The van der Waals surface area contributed by atoms with E-state index in [1.54, 1.807) is 57.1 Å². The van der Waals surface area contributed by atoms with E-state index in [4.69, 9.17) is 50.6 Å². The van der Waals surface area contributed by atoms with Crippen LogP contribution in [0.4, 0.5) is 0 Å². The van der Waals surface area contributed by atoms with Gasteiger partial charge in [-0.25, -0.2) is 0 Å². The predicted octanol–water partition coefficient (Wildman–Crippen LogP) is 31.3. The Morgan fingerprint density at radius 3 is 0.966 bits per heavy atom. The van der Waals surface area contributed by atoms with Crippen LogP contribution >= 0.6 is 0 Å². The number of allylic oxidation sites excluding steroid dienone is 4. The average molecular weight is 2850 g/mol. The van der Waals surface area contributed by atoms with Gasteiger partial charge in [0.25, 0.3) is 0 Å². The van der Waals surface area contributed by atoms with Gasteiger partial charge in [-0.3, -0.25) is 9.97 Å². The number of aryl methyl sites for hydroxylation is 8. The van der Waals surface area contributed by atoms with Crippen molar-refractivity contribution in [3.05, 3.63) is 284 Å². The molecule has 0 spiro atoms. The molecule has 8 N–H and O–H groups in total. The molecule has 8 aromatic carbocycles. The fourth-order valence-corrected chi connectivity index (χ4v) is 31.9. The van der Waals surface area contributed by atoms with E-state index in [0.29, 0.717) is 48.2 Å². The van der Waals surface area contributed by atoms with Crippen LogP contribution in [-0.2, 0) is 93.3 Å². The van der Waals surface area contributed by atoms with Crippen LogP contribution in [0.5, 0.6) is 0 Å². The molecule has 0 saturated heterocycles. The van der Waals surface area contributed by atoms with Crippen molar-refractivity contribution in [1.29, 1.82) is 0 Å². The zero-order chi connectivity index (χ0) is 106. The average Bonchev–Trinajstić information content (AvgIpc) is 0.740. The SMILES string of the molecule is CC(C)CC(O)=CC(O)CC(C)C.CC(O)=CC(C)O.CC(O)=CC(C)O.CC(O)=CC(C)O.Cc1[c-]c(-c2ccc3[c]([Ge]([CH3])([CH3])[CH3])cc(CC(C)C)cc3n2)cc(C)c1.Cc1[c-]c(-c2ccc3[c]([Ge]([CH3])([CH3])[CH3])cc(CC(C)C)cc3n2)cc(C)c1.Cc1[c-]c(-c2ccc3c(C4CCCCC4)cc(C4CCCCC4)cc3n2)cc(C)c1.Cc1[c-]c(-c2ccc3c([Si](C)(C)C)c([Si](C)(C)C)ccc3n2)cc(C)c1.[Ir].[Ir].[Ir].[Ir]. The minimum atomic E-state index is -1.98. The van der Waals surface area contributed by atoms with Crippen molar-refractivity contribution in [2.24, 2.45) is 23.7 Å². The summed E-state index contributed by atoms with van der Waals surface area (Å²) in [7, 11) is -2.88. The second kappa shape index (κ2) is 62.0. The number of rotatable bonds is 22. The molecule has 0 aliphatic heterocycles. The molecular weight excluding hydrogens is 2670 g/mol. The number of pyridine rings is 4. The number of benzene rings is 8. The van der Waals surface area contributed by atoms with Crippen LogP contribution in [0.15, 0.2) is 193 Å². The van der Waals surface area contributed by atoms with Crippen LogP contribution in [0.3, 0.4) is 0 Å². The summed E-state index contributed by atoms with van der Waals surface area (Å²) in [4.78, 5) is 20.4. The van der Waals surface area contributed by atoms with E-state index in [0.717, 1.165) is 80.3 Å². The minimum Gasteiger partial charge on any atom is -0.296 e. The van der Waals surface area contributed by atoms with Gasteiger partial charge in [0, 0.05) is 92.2 Å². The van der Waals surface area contributed by atoms with E-state index in [1.807, 2.05) is 13.8 Å². The Bertz CT molecular complexity index is 5980. The van der Waals surface area contributed by atoms with Gasteiger partial charge in [0.2, 0.25) is 0 Å². The maximum absolute atomic E-state index is 9.47. The van der Waals surface area contributed by atoms with E-state index in [2.05, 4.69) is 341 Å². The summed E-state index contributed by atoms with van der Waals surface area (Å²) in [6.07, 6.45) is 20.8. The topological polar surface area (TPSA) is 213 Å². The van der Waals surface area contributed by atoms with Crippen molar-refractivity contribution in [3.63, 3.8) is 0 Å². The van der Waals surface area contributed by atoms with Crippen LogP contribution in [0.2, 0.25) is 73.8 Å². The summed E-state index contributed by atoms with van der Waals surface area (Å²) in [5.74, 6) is 19.3. The summed E-state index contributed by atoms with van der Waals surface area (Å²) < 4.78 is 3.14. The Balaban J connectivity index is 0.000000449. The first-order valence-electron chi connectivity index (χ1n) is 52.3. The largest absolute Gasteiger partial charge is 0.296 e. The van der Waals surface area contributed by atoms with Crippen molar-refractivity contribution in [3.8, 4) is 45.0 Å². The molecule has 4 aromatic heterocycles. The van der Waals surface area contributed by atoms with Gasteiger partial charge in [-0.2, -0.15) is 0 Å². The van der Waals surface area contributed by atoms with Gasteiger partial charge < -0.3 is 40.9 Å². The maximum atomic E-state index is 9.47. The normalized spacial score (nSPS) is 14.2. The Morgan fingerprint density at radius 1 is 0.356 bits per heavy atom. The van der Waals surface area contributed by atoms with Crippen LogP contribution in [-0.4, -0.2) is 128 Å². The first-order valence-corrected chi connectivity index (χ1v) is 73.9. The standard InChI is InChI=1S/C29H34N.2C24H30GeN.C23H30NSi2.C11H22O2.3C5H10O2.4Ir/c1-20-15-21(2)17-25(16-20)28-14-13-26-27(23-11-7-4-8-12-23)18-24(19-29(26)30-28)22-9-5-3-6-10-22;2*1-16(2)10-19-14-22(25(5,6)7)21-8-9-23(26-24(21)15-19)20-12-17(3)11-18(4)13-20;1-16-13-17(2)15-18(14-16)20-10-9-19-21(24-20)11-12-22(25(3,4)5)23(19)26(6,7)8;1-8(2)5-10(12)7-11(13)6-9(3)4;3*1-4(6)3-5(2)7;;;;/h13-16,18-19,22-23H,3-12H2,1-2H3;2*8-9,11-12,14-16H,10H2,1-7H3;9-14H,1-8H3;7-10,12-13H,5-6H2,1-4H3;3*3-4,6-7H,1-2H3;;;;/q4*-1;;;;;;;;. The molecule has 14 rings (SSSR count). The monoisotopic (exact) mass is 2850 g/mol. The van der Waals surface area contributed by atoms with Gasteiger partial charge in [0.1, 0.15) is 0 Å². The van der Waals surface area contributed by atoms with E-state index in [1.165, 1.54) is 186 Å². The second-order valence-corrected chi connectivity index (χ2v) is 77.6. The number of fused-ring (bicyclic) bond motifs is 4. The van der Waals surface area contributed by atoms with Crippen molar-refractivity contribution in [2.75, 3.05) is 0 Å². The Morgan fingerprint density at radius 2 is 0.678 bits per heavy atom. The summed E-state index contributed by atoms with van der Waals surface area (Å²) in [5, 5.41) is 78.3. The minimum absolute atomic E-state index is 0. The van der Waals surface area contributed by atoms with Crippen LogP contribution < -0.4 is 19.2 Å². The molecule has 4 atom stereocenters. The molecule has 4 radical (unpaired) electrons. The molecule has 4 unspecified atom stereocenters. The van der Waals surface area contributed by atoms with Crippen molar-refractivity contribution >= 4 is 105 Å².